The number of carbonyl (C=O) groups excluding carboxylic acids is 3. The lowest BCUT2D eigenvalue weighted by atomic mass is 10.2. The summed E-state index contributed by atoms with van der Waals surface area (Å²) in [6, 6.07) is -1.87. The SMILES string of the molecule is C[C@H](C(=O)[O-])N1C(=O)N[C@@H]2[C@H]1N(C)C(=O)N2C. The number of nitrogens with zero attached hydrogens (tertiary/aromatic N) is 3. The molecule has 3 atom stereocenters. The number of hydrogen-bond acceptors (Lipinski definition) is 4. The molecule has 4 amide bonds. The third-order valence-electron chi connectivity index (χ3n) is 3.25. The Morgan fingerprint density at radius 1 is 1.35 bits per heavy atom. The number of likely N-dealkylation sites (N-methyl/N-ethyl adjacent to an activating group) is 2. The topological polar surface area (TPSA) is 96.0 Å². The maximum absolute atomic E-state index is 11.7. The second kappa shape index (κ2) is 3.51. The van der Waals surface area contributed by atoms with Crippen molar-refractivity contribution in [3.05, 3.63) is 0 Å². The molecule has 2 saturated heterocycles. The van der Waals surface area contributed by atoms with Crippen molar-refractivity contribution in [2.75, 3.05) is 14.1 Å². The molecule has 0 aromatic rings. The Morgan fingerprint density at radius 2 is 1.94 bits per heavy atom. The highest BCUT2D eigenvalue weighted by molar-refractivity contribution is 5.87. The number of fused-ring (bicyclic) bond motifs is 1. The van der Waals surface area contributed by atoms with E-state index in [1.54, 1.807) is 7.05 Å². The van der Waals surface area contributed by atoms with E-state index in [4.69, 9.17) is 0 Å². The van der Waals surface area contributed by atoms with Crippen LogP contribution in [-0.4, -0.2) is 65.2 Å². The molecule has 2 fully saturated rings. The van der Waals surface area contributed by atoms with E-state index in [1.165, 1.54) is 23.8 Å². The molecule has 0 aromatic heterocycles. The fourth-order valence-electron chi connectivity index (χ4n) is 2.24. The average molecular weight is 241 g/mol. The van der Waals surface area contributed by atoms with Crippen LogP contribution in [0, 0.1) is 0 Å². The number of amides is 4. The number of aliphatic carboxylic acids is 1. The van der Waals surface area contributed by atoms with Gasteiger partial charge in [-0.2, -0.15) is 0 Å². The third kappa shape index (κ3) is 1.40. The molecule has 2 aliphatic heterocycles. The Balaban J connectivity index is 2.33. The predicted octanol–water partition coefficient (Wildman–Crippen LogP) is -2.20. The Labute approximate surface area is 97.8 Å². The predicted molar refractivity (Wildman–Crippen MR) is 53.3 cm³/mol. The number of carbonyl (C=O) groups is 3. The fraction of sp³-hybridized carbons (Fsp3) is 0.667. The lowest BCUT2D eigenvalue weighted by Crippen LogP contribution is -2.54. The standard InChI is InChI=1S/C9H14N4O4/c1-4(7(14)15)13-6-5(10-8(13)16)11(2)9(17)12(6)3/h4-6H,1-3H3,(H,10,16)(H,14,15)/p-1/t4-,5+,6+/m1/s1. The fourth-order valence-corrected chi connectivity index (χ4v) is 2.24. The van der Waals surface area contributed by atoms with Crippen LogP contribution in [0.15, 0.2) is 0 Å². The first kappa shape index (κ1) is 11.5. The van der Waals surface area contributed by atoms with Gasteiger partial charge in [0, 0.05) is 14.1 Å². The lowest BCUT2D eigenvalue weighted by Gasteiger charge is -2.32. The van der Waals surface area contributed by atoms with E-state index in [-0.39, 0.29) is 6.03 Å². The van der Waals surface area contributed by atoms with E-state index >= 15 is 0 Å². The van der Waals surface area contributed by atoms with E-state index in [1.807, 2.05) is 0 Å². The van der Waals surface area contributed by atoms with E-state index in [0.717, 1.165) is 4.90 Å². The Morgan fingerprint density at radius 3 is 2.47 bits per heavy atom. The maximum atomic E-state index is 11.7. The van der Waals surface area contributed by atoms with Crippen LogP contribution >= 0.6 is 0 Å². The molecular formula is C9H13N4O4-. The highest BCUT2D eigenvalue weighted by atomic mass is 16.4. The molecule has 0 aromatic carbocycles. The van der Waals surface area contributed by atoms with Crippen molar-refractivity contribution < 1.29 is 19.5 Å². The summed E-state index contributed by atoms with van der Waals surface area (Å²) in [4.78, 5) is 38.0. The van der Waals surface area contributed by atoms with Crippen LogP contribution in [-0.2, 0) is 4.79 Å². The number of carboxylic acid groups (broad SMARTS) is 1. The van der Waals surface area contributed by atoms with Crippen LogP contribution in [0.2, 0.25) is 0 Å². The van der Waals surface area contributed by atoms with Crippen molar-refractivity contribution in [3.63, 3.8) is 0 Å². The van der Waals surface area contributed by atoms with E-state index in [2.05, 4.69) is 5.32 Å². The summed E-state index contributed by atoms with van der Waals surface area (Å²) in [7, 11) is 3.08. The molecule has 0 spiro atoms. The molecule has 2 aliphatic rings. The molecule has 0 aliphatic carbocycles. The largest absolute Gasteiger partial charge is 0.548 e. The van der Waals surface area contributed by atoms with Crippen LogP contribution < -0.4 is 10.4 Å². The van der Waals surface area contributed by atoms with Gasteiger partial charge in [0.25, 0.3) is 0 Å². The van der Waals surface area contributed by atoms with Gasteiger partial charge < -0.3 is 25.0 Å². The molecule has 0 radical (unpaired) electrons. The van der Waals surface area contributed by atoms with E-state index in [0.29, 0.717) is 0 Å². The van der Waals surface area contributed by atoms with E-state index in [9.17, 15) is 19.5 Å². The van der Waals surface area contributed by atoms with Gasteiger partial charge in [-0.3, -0.25) is 4.90 Å². The molecule has 2 rings (SSSR count). The molecule has 2 heterocycles. The van der Waals surface area contributed by atoms with Crippen LogP contribution in [0.5, 0.6) is 0 Å². The molecule has 8 nitrogen and oxygen atoms in total. The zero-order chi connectivity index (χ0) is 12.9. The first-order valence-corrected chi connectivity index (χ1v) is 5.15. The molecule has 0 unspecified atom stereocenters. The monoisotopic (exact) mass is 241 g/mol. The molecule has 1 N–H and O–H groups in total. The van der Waals surface area contributed by atoms with Gasteiger partial charge in [0.05, 0.1) is 12.0 Å². The minimum Gasteiger partial charge on any atom is -0.548 e. The number of hydrogen-bond donors (Lipinski definition) is 1. The van der Waals surface area contributed by atoms with E-state index < -0.39 is 30.4 Å². The van der Waals surface area contributed by atoms with Gasteiger partial charge in [-0.25, -0.2) is 9.59 Å². The smallest absolute Gasteiger partial charge is 0.323 e. The summed E-state index contributed by atoms with van der Waals surface area (Å²) in [5.41, 5.74) is 0. The Kier molecular flexibility index (Phi) is 2.37. The third-order valence-corrected chi connectivity index (χ3v) is 3.25. The van der Waals surface area contributed by atoms with Crippen molar-refractivity contribution in [1.82, 2.24) is 20.0 Å². The van der Waals surface area contributed by atoms with Crippen molar-refractivity contribution in [2.45, 2.75) is 25.3 Å². The second-order valence-electron chi connectivity index (χ2n) is 4.21. The summed E-state index contributed by atoms with van der Waals surface area (Å²) in [5, 5.41) is 13.4. The van der Waals surface area contributed by atoms with Crippen LogP contribution in [0.25, 0.3) is 0 Å². The number of nitrogens with one attached hydrogen (secondary N) is 1. The Hall–Kier alpha value is -1.99. The summed E-state index contributed by atoms with van der Waals surface area (Å²) in [6.45, 7) is 1.36. The van der Waals surface area contributed by atoms with Crippen LogP contribution in [0.4, 0.5) is 9.59 Å². The van der Waals surface area contributed by atoms with Gasteiger partial charge in [-0.05, 0) is 6.92 Å². The van der Waals surface area contributed by atoms with Crippen molar-refractivity contribution in [3.8, 4) is 0 Å². The molecule has 0 saturated carbocycles. The van der Waals surface area contributed by atoms with Gasteiger partial charge >= 0.3 is 12.1 Å². The van der Waals surface area contributed by atoms with Crippen molar-refractivity contribution >= 4 is 18.0 Å². The van der Waals surface area contributed by atoms with Gasteiger partial charge in [0.15, 0.2) is 0 Å². The lowest BCUT2D eigenvalue weighted by molar-refractivity contribution is -0.310. The highest BCUT2D eigenvalue weighted by Gasteiger charge is 2.53. The normalized spacial score (nSPS) is 29.5. The second-order valence-corrected chi connectivity index (χ2v) is 4.21. The quantitative estimate of drug-likeness (QED) is 0.593. The minimum atomic E-state index is -1.35. The number of urea groups is 2. The highest BCUT2D eigenvalue weighted by Crippen LogP contribution is 2.27. The van der Waals surface area contributed by atoms with Gasteiger partial charge in [-0.15, -0.1) is 0 Å². The summed E-state index contributed by atoms with van der Waals surface area (Å²) in [5.74, 6) is -1.35. The number of carboxylic acids is 1. The summed E-state index contributed by atoms with van der Waals surface area (Å²) >= 11 is 0. The first-order chi connectivity index (χ1) is 7.86. The zero-order valence-electron chi connectivity index (χ0n) is 9.71. The minimum absolute atomic E-state index is 0.268. The first-order valence-electron chi connectivity index (χ1n) is 5.15. The zero-order valence-corrected chi connectivity index (χ0v) is 9.71. The summed E-state index contributed by atoms with van der Waals surface area (Å²) < 4.78 is 0. The maximum Gasteiger partial charge on any atom is 0.323 e. The molecule has 17 heavy (non-hydrogen) atoms. The molecule has 8 heteroatoms. The van der Waals surface area contributed by atoms with Gasteiger partial charge in [0.2, 0.25) is 0 Å². The Bertz CT molecular complexity index is 398. The molecule has 0 bridgehead atoms. The number of rotatable bonds is 2. The van der Waals surface area contributed by atoms with Crippen molar-refractivity contribution in [2.24, 2.45) is 0 Å². The van der Waals surface area contributed by atoms with Gasteiger partial charge in [0.1, 0.15) is 12.3 Å². The van der Waals surface area contributed by atoms with Crippen LogP contribution in [0.3, 0.4) is 0 Å². The van der Waals surface area contributed by atoms with Gasteiger partial charge in [-0.1, -0.05) is 0 Å². The summed E-state index contributed by atoms with van der Waals surface area (Å²) in [6.07, 6.45) is -1.14. The molecule has 94 valence electrons. The molecular weight excluding hydrogens is 228 g/mol. The van der Waals surface area contributed by atoms with Crippen molar-refractivity contribution in [1.29, 1.82) is 0 Å². The average Bonchev–Trinajstić information content (AvgIpc) is 2.70. The van der Waals surface area contributed by atoms with Crippen LogP contribution in [0.1, 0.15) is 6.92 Å².